The average molecular weight is 274 g/mol. The van der Waals surface area contributed by atoms with Gasteiger partial charge >= 0.3 is 5.97 Å². The number of ether oxygens (including phenoxy) is 2. The molecular formula is C16H15FO3. The van der Waals surface area contributed by atoms with Crippen molar-refractivity contribution in [3.05, 3.63) is 65.7 Å². The lowest BCUT2D eigenvalue weighted by Gasteiger charge is -2.09. The van der Waals surface area contributed by atoms with E-state index in [1.165, 1.54) is 0 Å². The van der Waals surface area contributed by atoms with Gasteiger partial charge in [0.1, 0.15) is 12.4 Å². The zero-order valence-electron chi connectivity index (χ0n) is 11.1. The van der Waals surface area contributed by atoms with Crippen molar-refractivity contribution >= 4 is 5.97 Å². The second kappa shape index (κ2) is 6.70. The van der Waals surface area contributed by atoms with E-state index < -0.39 is 12.1 Å². The van der Waals surface area contributed by atoms with E-state index in [2.05, 4.69) is 0 Å². The average Bonchev–Trinajstić information content (AvgIpc) is 2.53. The van der Waals surface area contributed by atoms with Crippen LogP contribution in [0.1, 0.15) is 22.1 Å². The molecule has 0 radical (unpaired) electrons. The van der Waals surface area contributed by atoms with E-state index in [4.69, 9.17) is 9.47 Å². The highest BCUT2D eigenvalue weighted by Gasteiger charge is 2.13. The summed E-state index contributed by atoms with van der Waals surface area (Å²) in [5.74, 6) is 0.0976. The highest BCUT2D eigenvalue weighted by molar-refractivity contribution is 5.89. The monoisotopic (exact) mass is 274 g/mol. The summed E-state index contributed by atoms with van der Waals surface area (Å²) in [6.45, 7) is -0.297. The molecule has 20 heavy (non-hydrogen) atoms. The van der Waals surface area contributed by atoms with Crippen molar-refractivity contribution < 1.29 is 18.7 Å². The summed E-state index contributed by atoms with van der Waals surface area (Å²) in [6, 6.07) is 15.1. The van der Waals surface area contributed by atoms with Gasteiger partial charge in [0.05, 0.1) is 12.7 Å². The van der Waals surface area contributed by atoms with E-state index in [9.17, 15) is 9.18 Å². The highest BCUT2D eigenvalue weighted by atomic mass is 19.1. The first-order valence-corrected chi connectivity index (χ1v) is 6.21. The molecule has 0 bridgehead atoms. The molecule has 3 nitrogen and oxygen atoms in total. The van der Waals surface area contributed by atoms with Gasteiger partial charge in [-0.2, -0.15) is 0 Å². The third-order valence-corrected chi connectivity index (χ3v) is 2.85. The number of esters is 1. The second-order valence-electron chi connectivity index (χ2n) is 4.21. The molecule has 2 aromatic rings. The predicted octanol–water partition coefficient (Wildman–Crippen LogP) is 3.56. The second-order valence-corrected chi connectivity index (χ2v) is 4.21. The van der Waals surface area contributed by atoms with Crippen LogP contribution in [-0.4, -0.2) is 19.7 Å². The fourth-order valence-electron chi connectivity index (χ4n) is 1.72. The Balaban J connectivity index is 1.91. The van der Waals surface area contributed by atoms with Gasteiger partial charge in [0.2, 0.25) is 0 Å². The number of hydrogen-bond donors (Lipinski definition) is 0. The normalized spacial score (nSPS) is 11.7. The Morgan fingerprint density at radius 2 is 1.75 bits per heavy atom. The molecule has 2 rings (SSSR count). The van der Waals surface area contributed by atoms with Crippen LogP contribution < -0.4 is 4.74 Å². The third-order valence-electron chi connectivity index (χ3n) is 2.85. The summed E-state index contributed by atoms with van der Waals surface area (Å²) in [6.07, 6.45) is -1.32. The van der Waals surface area contributed by atoms with Gasteiger partial charge in [-0.1, -0.05) is 30.3 Å². The number of benzene rings is 2. The molecule has 0 N–H and O–H groups in total. The number of carbonyl (C=O) groups excluding carboxylic acids is 1. The summed E-state index contributed by atoms with van der Waals surface area (Å²) in [7, 11) is 1.54. The van der Waals surface area contributed by atoms with Crippen molar-refractivity contribution in [2.24, 2.45) is 0 Å². The van der Waals surface area contributed by atoms with E-state index in [-0.39, 0.29) is 6.61 Å². The number of hydrogen-bond acceptors (Lipinski definition) is 3. The molecule has 0 aliphatic carbocycles. The summed E-state index contributed by atoms with van der Waals surface area (Å²) in [4.78, 5) is 11.8. The largest absolute Gasteiger partial charge is 0.497 e. The molecule has 0 saturated carbocycles. The van der Waals surface area contributed by atoms with Gasteiger partial charge in [-0.3, -0.25) is 0 Å². The molecule has 0 spiro atoms. The lowest BCUT2D eigenvalue weighted by Crippen LogP contribution is -2.10. The van der Waals surface area contributed by atoms with Crippen molar-refractivity contribution in [1.82, 2.24) is 0 Å². The molecular weight excluding hydrogens is 259 g/mol. The van der Waals surface area contributed by atoms with Crippen LogP contribution in [0.3, 0.4) is 0 Å². The Morgan fingerprint density at radius 3 is 2.35 bits per heavy atom. The van der Waals surface area contributed by atoms with Gasteiger partial charge in [-0.05, 0) is 29.8 Å². The van der Waals surface area contributed by atoms with Crippen molar-refractivity contribution in [3.8, 4) is 5.75 Å². The lowest BCUT2D eigenvalue weighted by molar-refractivity contribution is 0.0398. The predicted molar refractivity (Wildman–Crippen MR) is 73.6 cm³/mol. The first-order chi connectivity index (χ1) is 9.70. The Hall–Kier alpha value is -2.36. The standard InChI is InChI=1S/C16H15FO3/c1-19-14-9-7-13(8-10-14)16(18)20-11-15(17)12-5-3-2-4-6-12/h2-10,15H,11H2,1H3. The van der Waals surface area contributed by atoms with Crippen LogP contribution in [0.2, 0.25) is 0 Å². The summed E-state index contributed by atoms with van der Waals surface area (Å²) < 4.78 is 23.8. The van der Waals surface area contributed by atoms with Crippen molar-refractivity contribution in [3.63, 3.8) is 0 Å². The maximum atomic E-state index is 13.8. The Kier molecular flexibility index (Phi) is 4.71. The van der Waals surface area contributed by atoms with Gasteiger partial charge in [0, 0.05) is 0 Å². The van der Waals surface area contributed by atoms with Crippen LogP contribution in [0.5, 0.6) is 5.75 Å². The SMILES string of the molecule is COc1ccc(C(=O)OCC(F)c2ccccc2)cc1. The minimum atomic E-state index is -1.32. The van der Waals surface area contributed by atoms with E-state index in [0.717, 1.165) is 0 Å². The molecule has 1 unspecified atom stereocenters. The molecule has 2 aromatic carbocycles. The van der Waals surface area contributed by atoms with Crippen molar-refractivity contribution in [2.75, 3.05) is 13.7 Å². The zero-order chi connectivity index (χ0) is 14.4. The smallest absolute Gasteiger partial charge is 0.338 e. The molecule has 0 aromatic heterocycles. The van der Waals surface area contributed by atoms with Crippen molar-refractivity contribution in [2.45, 2.75) is 6.17 Å². The van der Waals surface area contributed by atoms with E-state index >= 15 is 0 Å². The molecule has 0 heterocycles. The Bertz CT molecular complexity index is 552. The number of carbonyl (C=O) groups is 1. The maximum absolute atomic E-state index is 13.8. The van der Waals surface area contributed by atoms with Crippen LogP contribution in [0.15, 0.2) is 54.6 Å². The molecule has 4 heteroatoms. The number of rotatable bonds is 5. The van der Waals surface area contributed by atoms with E-state index in [1.807, 2.05) is 0 Å². The first kappa shape index (κ1) is 14.1. The summed E-state index contributed by atoms with van der Waals surface area (Å²) >= 11 is 0. The van der Waals surface area contributed by atoms with Crippen LogP contribution in [0, 0.1) is 0 Å². The Labute approximate surface area is 117 Å². The minimum absolute atomic E-state index is 0.297. The van der Waals surface area contributed by atoms with Crippen LogP contribution in [0.25, 0.3) is 0 Å². The van der Waals surface area contributed by atoms with E-state index in [0.29, 0.717) is 16.9 Å². The van der Waals surface area contributed by atoms with Crippen molar-refractivity contribution in [1.29, 1.82) is 0 Å². The first-order valence-electron chi connectivity index (χ1n) is 6.21. The maximum Gasteiger partial charge on any atom is 0.338 e. The number of halogens is 1. The highest BCUT2D eigenvalue weighted by Crippen LogP contribution is 2.18. The third kappa shape index (κ3) is 3.57. The summed E-state index contributed by atoms with van der Waals surface area (Å²) in [5, 5.41) is 0. The fraction of sp³-hybridized carbons (Fsp3) is 0.188. The van der Waals surface area contributed by atoms with Gasteiger partial charge in [-0.15, -0.1) is 0 Å². The summed E-state index contributed by atoms with van der Waals surface area (Å²) in [5.41, 5.74) is 0.862. The zero-order valence-corrected chi connectivity index (χ0v) is 11.1. The minimum Gasteiger partial charge on any atom is -0.497 e. The molecule has 0 fully saturated rings. The van der Waals surface area contributed by atoms with Crippen LogP contribution >= 0.6 is 0 Å². The topological polar surface area (TPSA) is 35.5 Å². The van der Waals surface area contributed by atoms with Crippen LogP contribution in [-0.2, 0) is 4.74 Å². The molecule has 0 aliphatic heterocycles. The Morgan fingerprint density at radius 1 is 1.10 bits per heavy atom. The van der Waals surface area contributed by atoms with Gasteiger partial charge < -0.3 is 9.47 Å². The van der Waals surface area contributed by atoms with E-state index in [1.54, 1.807) is 61.7 Å². The molecule has 0 amide bonds. The van der Waals surface area contributed by atoms with Gasteiger partial charge in [0.15, 0.2) is 6.17 Å². The number of alkyl halides is 1. The molecule has 1 atom stereocenters. The molecule has 104 valence electrons. The lowest BCUT2D eigenvalue weighted by atomic mass is 10.1. The quantitative estimate of drug-likeness (QED) is 0.782. The molecule has 0 aliphatic rings. The number of methoxy groups -OCH3 is 1. The van der Waals surface area contributed by atoms with Crippen LogP contribution in [0.4, 0.5) is 4.39 Å². The van der Waals surface area contributed by atoms with Gasteiger partial charge in [-0.25, -0.2) is 9.18 Å². The fourth-order valence-corrected chi connectivity index (χ4v) is 1.72. The molecule has 0 saturated heterocycles. The van der Waals surface area contributed by atoms with Gasteiger partial charge in [0.25, 0.3) is 0 Å².